The predicted molar refractivity (Wildman–Crippen MR) is 90.5 cm³/mol. The second-order valence-electron chi connectivity index (χ2n) is 5.03. The van der Waals surface area contributed by atoms with Gasteiger partial charge >= 0.3 is 5.97 Å². The van der Waals surface area contributed by atoms with Gasteiger partial charge in [0.15, 0.2) is 0 Å². The highest BCUT2D eigenvalue weighted by Crippen LogP contribution is 2.10. The van der Waals surface area contributed by atoms with Gasteiger partial charge in [0, 0.05) is 17.5 Å². The molecule has 0 aliphatic carbocycles. The molecule has 24 heavy (non-hydrogen) atoms. The molecule has 0 saturated heterocycles. The summed E-state index contributed by atoms with van der Waals surface area (Å²) in [6.07, 6.45) is 5.12. The van der Waals surface area contributed by atoms with E-state index in [1.807, 2.05) is 36.4 Å². The fourth-order valence-corrected chi connectivity index (χ4v) is 2.08. The number of esters is 1. The largest absolute Gasteiger partial charge is 0.466 e. The van der Waals surface area contributed by atoms with E-state index in [0.717, 1.165) is 17.5 Å². The van der Waals surface area contributed by atoms with Gasteiger partial charge in [0.1, 0.15) is 12.3 Å². The van der Waals surface area contributed by atoms with Gasteiger partial charge in [0.2, 0.25) is 0 Å². The van der Waals surface area contributed by atoms with Crippen LogP contribution in [0.15, 0.2) is 53.9 Å². The average molecular weight is 327 g/mol. The van der Waals surface area contributed by atoms with Crippen LogP contribution in [0.4, 0.5) is 0 Å². The molecule has 0 spiro atoms. The van der Waals surface area contributed by atoms with Crippen LogP contribution in [0.5, 0.6) is 0 Å². The average Bonchev–Trinajstić information content (AvgIpc) is 2.63. The van der Waals surface area contributed by atoms with E-state index < -0.39 is 0 Å². The molecule has 0 N–H and O–H groups in total. The lowest BCUT2D eigenvalue weighted by molar-refractivity contribution is -0.143. The summed E-state index contributed by atoms with van der Waals surface area (Å²) in [5.41, 5.74) is 2.48. The Morgan fingerprint density at radius 3 is 2.62 bits per heavy atom. The monoisotopic (exact) mass is 327 g/mol. The highest BCUT2D eigenvalue weighted by Gasteiger charge is 2.08. The summed E-state index contributed by atoms with van der Waals surface area (Å²) in [6.45, 7) is 2.66. The number of rotatable bonds is 9. The molecule has 2 rings (SSSR count). The van der Waals surface area contributed by atoms with Crippen molar-refractivity contribution >= 4 is 11.7 Å². The van der Waals surface area contributed by atoms with Crippen molar-refractivity contribution in [3.63, 3.8) is 0 Å². The second-order valence-corrected chi connectivity index (χ2v) is 5.03. The third kappa shape index (κ3) is 5.79. The first-order chi connectivity index (χ1) is 11.8. The zero-order chi connectivity index (χ0) is 17.0. The number of carbonyl (C=O) groups is 1. The zero-order valence-corrected chi connectivity index (χ0v) is 13.7. The van der Waals surface area contributed by atoms with E-state index in [4.69, 9.17) is 9.57 Å². The molecule has 1 heterocycles. The first-order valence-electron chi connectivity index (χ1n) is 7.99. The summed E-state index contributed by atoms with van der Waals surface area (Å²) in [6, 6.07) is 11.6. The molecular formula is C18H21N3O3. The summed E-state index contributed by atoms with van der Waals surface area (Å²) < 4.78 is 4.88. The molecule has 0 unspecified atom stereocenters. The van der Waals surface area contributed by atoms with Gasteiger partial charge < -0.3 is 9.57 Å². The number of carbonyl (C=O) groups excluding carboxylic acids is 1. The maximum absolute atomic E-state index is 11.3. The Morgan fingerprint density at radius 1 is 1.08 bits per heavy atom. The molecule has 0 saturated carbocycles. The number of aromatic nitrogens is 2. The number of unbranched alkanes of at least 4 members (excludes halogenated alkanes) is 1. The molecule has 2 aromatic rings. The van der Waals surface area contributed by atoms with Gasteiger partial charge in [-0.1, -0.05) is 35.5 Å². The van der Waals surface area contributed by atoms with E-state index in [2.05, 4.69) is 15.4 Å². The number of hydrogen-bond acceptors (Lipinski definition) is 6. The lowest BCUT2D eigenvalue weighted by atomic mass is 10.1. The van der Waals surface area contributed by atoms with Crippen molar-refractivity contribution in [3.8, 4) is 0 Å². The van der Waals surface area contributed by atoms with Crippen LogP contribution in [-0.4, -0.2) is 35.1 Å². The smallest absolute Gasteiger partial charge is 0.305 e. The Bertz CT molecular complexity index is 604. The Labute approximate surface area is 141 Å². The van der Waals surface area contributed by atoms with Crippen LogP contribution in [0.2, 0.25) is 0 Å². The molecule has 0 aliphatic rings. The fourth-order valence-electron chi connectivity index (χ4n) is 2.08. The highest BCUT2D eigenvalue weighted by atomic mass is 16.6. The van der Waals surface area contributed by atoms with Crippen molar-refractivity contribution in [1.82, 2.24) is 10.2 Å². The zero-order valence-electron chi connectivity index (χ0n) is 13.7. The molecule has 0 radical (unpaired) electrons. The van der Waals surface area contributed by atoms with Gasteiger partial charge in [-0.2, -0.15) is 10.2 Å². The summed E-state index contributed by atoms with van der Waals surface area (Å²) in [5, 5.41) is 11.9. The van der Waals surface area contributed by atoms with Crippen LogP contribution >= 0.6 is 0 Å². The van der Waals surface area contributed by atoms with Crippen LogP contribution in [0, 0.1) is 0 Å². The van der Waals surface area contributed by atoms with Crippen LogP contribution in [-0.2, 0) is 14.4 Å². The molecule has 0 fully saturated rings. The Hall–Kier alpha value is -2.76. The lowest BCUT2D eigenvalue weighted by Crippen LogP contribution is -2.06. The molecule has 6 heteroatoms. The van der Waals surface area contributed by atoms with E-state index in [9.17, 15) is 4.79 Å². The molecular weight excluding hydrogens is 306 g/mol. The van der Waals surface area contributed by atoms with E-state index in [1.54, 1.807) is 19.3 Å². The quantitative estimate of drug-likeness (QED) is 0.306. The van der Waals surface area contributed by atoms with Crippen LogP contribution in [0.3, 0.4) is 0 Å². The number of nitrogens with zero attached hydrogens (tertiary/aromatic N) is 3. The predicted octanol–water partition coefficient (Wildman–Crippen LogP) is 2.98. The first kappa shape index (κ1) is 17.6. The van der Waals surface area contributed by atoms with E-state index in [-0.39, 0.29) is 5.97 Å². The third-order valence-electron chi connectivity index (χ3n) is 3.23. The van der Waals surface area contributed by atoms with Gasteiger partial charge in [-0.05, 0) is 25.8 Å². The molecule has 6 nitrogen and oxygen atoms in total. The topological polar surface area (TPSA) is 73.7 Å². The number of benzene rings is 1. The molecule has 0 aliphatic heterocycles. The second kappa shape index (κ2) is 10.1. The van der Waals surface area contributed by atoms with Crippen molar-refractivity contribution in [2.45, 2.75) is 26.2 Å². The number of ether oxygens (including phenoxy) is 1. The molecule has 0 bridgehead atoms. The number of hydrogen-bond donors (Lipinski definition) is 0. The van der Waals surface area contributed by atoms with Gasteiger partial charge in [-0.25, -0.2) is 0 Å². The Balaban J connectivity index is 1.91. The van der Waals surface area contributed by atoms with Crippen LogP contribution < -0.4 is 0 Å². The number of oxime groups is 1. The van der Waals surface area contributed by atoms with Crippen molar-refractivity contribution < 1.29 is 14.4 Å². The maximum Gasteiger partial charge on any atom is 0.305 e. The van der Waals surface area contributed by atoms with E-state index >= 15 is 0 Å². The van der Waals surface area contributed by atoms with Crippen LogP contribution in [0.25, 0.3) is 0 Å². The summed E-state index contributed by atoms with van der Waals surface area (Å²) in [5.74, 6) is -0.172. The van der Waals surface area contributed by atoms with E-state index in [0.29, 0.717) is 31.8 Å². The van der Waals surface area contributed by atoms with Crippen molar-refractivity contribution in [2.75, 3.05) is 13.2 Å². The maximum atomic E-state index is 11.3. The minimum absolute atomic E-state index is 0.172. The first-order valence-corrected chi connectivity index (χ1v) is 7.99. The summed E-state index contributed by atoms with van der Waals surface area (Å²) in [7, 11) is 0. The Kier molecular flexibility index (Phi) is 7.40. The van der Waals surface area contributed by atoms with Gasteiger partial charge in [-0.3, -0.25) is 4.79 Å². The van der Waals surface area contributed by atoms with Crippen molar-refractivity contribution in [3.05, 3.63) is 59.9 Å². The lowest BCUT2D eigenvalue weighted by Gasteiger charge is -2.07. The molecule has 126 valence electrons. The van der Waals surface area contributed by atoms with Gasteiger partial charge in [0.25, 0.3) is 0 Å². The normalized spacial score (nSPS) is 11.1. The minimum atomic E-state index is -0.172. The van der Waals surface area contributed by atoms with Crippen LogP contribution in [0.1, 0.15) is 37.3 Å². The van der Waals surface area contributed by atoms with Gasteiger partial charge in [-0.15, -0.1) is 0 Å². The molecule has 0 atom stereocenters. The van der Waals surface area contributed by atoms with Gasteiger partial charge in [0.05, 0.1) is 19.0 Å². The van der Waals surface area contributed by atoms with E-state index in [1.165, 1.54) is 0 Å². The standard InChI is InChI=1S/C18H21N3O3/c1-2-23-17(22)10-6-7-13-24-21-18(15-8-4-3-5-9-15)16-11-12-19-20-14-16/h3-5,8-9,11-12,14H,2,6-7,10,13H2,1H3/b21-18+. The molecule has 1 aromatic heterocycles. The van der Waals surface area contributed by atoms with Crippen molar-refractivity contribution in [2.24, 2.45) is 5.16 Å². The summed E-state index contributed by atoms with van der Waals surface area (Å²) >= 11 is 0. The highest BCUT2D eigenvalue weighted by molar-refractivity contribution is 6.12. The third-order valence-corrected chi connectivity index (χ3v) is 3.23. The molecule has 1 aromatic carbocycles. The SMILES string of the molecule is CCOC(=O)CCCCO/N=C(\c1ccccc1)c1ccnnc1. The minimum Gasteiger partial charge on any atom is -0.466 e. The summed E-state index contributed by atoms with van der Waals surface area (Å²) in [4.78, 5) is 16.7. The molecule has 0 amide bonds. The fraction of sp³-hybridized carbons (Fsp3) is 0.333. The van der Waals surface area contributed by atoms with Crippen molar-refractivity contribution in [1.29, 1.82) is 0 Å². The Morgan fingerprint density at radius 2 is 1.92 bits per heavy atom.